The number of nitrogen functional groups attached to an aromatic ring is 1. The molecule has 1 saturated heterocycles. The molecule has 2 heterocycles. The van der Waals surface area contributed by atoms with Gasteiger partial charge in [-0.1, -0.05) is 5.16 Å². The third kappa shape index (κ3) is 1.93. The van der Waals surface area contributed by atoms with Crippen molar-refractivity contribution in [2.75, 3.05) is 23.5 Å². The number of hydrogen-bond donors (Lipinski definition) is 2. The number of hydrogen-bond acceptors (Lipinski definition) is 7. The molecule has 0 saturated carbocycles. The Bertz CT molecular complexity index is 273. The van der Waals surface area contributed by atoms with Crippen LogP contribution in [-0.4, -0.2) is 28.3 Å². The highest BCUT2D eigenvalue weighted by molar-refractivity contribution is 7.99. The Hall–Kier alpha value is -0.790. The van der Waals surface area contributed by atoms with E-state index in [2.05, 4.69) is 15.6 Å². The lowest BCUT2D eigenvalue weighted by Gasteiger charge is -2.18. The molecule has 0 spiro atoms. The third-order valence-electron chi connectivity index (χ3n) is 1.67. The lowest BCUT2D eigenvalue weighted by atomic mass is 10.4. The van der Waals surface area contributed by atoms with Crippen LogP contribution in [0.2, 0.25) is 0 Å². The fraction of sp³-hybridized carbons (Fsp3) is 0.667. The number of anilines is 1. The molecule has 7 heteroatoms. The molecule has 0 amide bonds. The maximum absolute atomic E-state index is 5.45. The molecular formula is C6H10N4O2S. The molecule has 0 radical (unpaired) electrons. The topological polar surface area (TPSA) is 86.2 Å². The zero-order chi connectivity index (χ0) is 9.10. The number of hydrazine groups is 1. The fourth-order valence-corrected chi connectivity index (χ4v) is 1.90. The summed E-state index contributed by atoms with van der Waals surface area (Å²) >= 11 is 1.82. The maximum atomic E-state index is 5.45. The smallest absolute Gasteiger partial charge is 0.335 e. The summed E-state index contributed by atoms with van der Waals surface area (Å²) in [4.78, 5) is 4.00. The highest BCUT2D eigenvalue weighted by Gasteiger charge is 2.21. The molecule has 1 unspecified atom stereocenters. The van der Waals surface area contributed by atoms with Crippen molar-refractivity contribution in [3.63, 3.8) is 0 Å². The zero-order valence-electron chi connectivity index (χ0n) is 6.90. The number of rotatable bonds is 2. The first-order chi connectivity index (χ1) is 6.40. The molecule has 2 rings (SSSR count). The Morgan fingerprint density at radius 3 is 3.15 bits per heavy atom. The first-order valence-corrected chi connectivity index (χ1v) is 5.05. The van der Waals surface area contributed by atoms with E-state index in [4.69, 9.17) is 15.1 Å². The molecule has 13 heavy (non-hydrogen) atoms. The summed E-state index contributed by atoms with van der Waals surface area (Å²) in [5, 5.41) is 3.74. The highest BCUT2D eigenvalue weighted by atomic mass is 32.2. The van der Waals surface area contributed by atoms with Crippen LogP contribution in [0.5, 0.6) is 0 Å². The van der Waals surface area contributed by atoms with Crippen molar-refractivity contribution in [1.82, 2.24) is 10.1 Å². The molecule has 1 aliphatic heterocycles. The minimum atomic E-state index is -0.0652. The summed E-state index contributed by atoms with van der Waals surface area (Å²) in [6.45, 7) is 0.731. The van der Waals surface area contributed by atoms with Crippen LogP contribution in [-0.2, 0) is 4.74 Å². The van der Waals surface area contributed by atoms with Crippen molar-refractivity contribution >= 4 is 17.8 Å². The van der Waals surface area contributed by atoms with Gasteiger partial charge in [0.05, 0.1) is 6.61 Å². The number of nitrogens with one attached hydrogen (secondary N) is 1. The minimum Gasteiger partial charge on any atom is -0.368 e. The summed E-state index contributed by atoms with van der Waals surface area (Å²) in [5.41, 5.74) is 2.28. The molecular weight excluding hydrogens is 192 g/mol. The molecule has 1 aromatic heterocycles. The molecule has 0 aliphatic carbocycles. The molecule has 3 N–H and O–H groups in total. The van der Waals surface area contributed by atoms with Crippen LogP contribution in [0.25, 0.3) is 0 Å². The van der Waals surface area contributed by atoms with Crippen molar-refractivity contribution in [1.29, 1.82) is 0 Å². The highest BCUT2D eigenvalue weighted by Crippen LogP contribution is 2.24. The maximum Gasteiger partial charge on any atom is 0.335 e. The normalized spacial score (nSPS) is 23.0. The molecule has 1 aliphatic rings. The van der Waals surface area contributed by atoms with Crippen LogP contribution in [0, 0.1) is 0 Å². The minimum absolute atomic E-state index is 0.0652. The average molecular weight is 202 g/mol. The van der Waals surface area contributed by atoms with Gasteiger partial charge in [0, 0.05) is 11.5 Å². The number of thioether (sulfide) groups is 1. The van der Waals surface area contributed by atoms with Crippen molar-refractivity contribution in [3.05, 3.63) is 5.82 Å². The van der Waals surface area contributed by atoms with Gasteiger partial charge >= 0.3 is 6.01 Å². The quantitative estimate of drug-likeness (QED) is 0.521. The Kier molecular flexibility index (Phi) is 2.67. The van der Waals surface area contributed by atoms with E-state index in [-0.39, 0.29) is 12.1 Å². The molecule has 0 bridgehead atoms. The van der Waals surface area contributed by atoms with E-state index in [0.717, 1.165) is 18.1 Å². The van der Waals surface area contributed by atoms with E-state index in [1.165, 1.54) is 0 Å². The van der Waals surface area contributed by atoms with Gasteiger partial charge in [0.2, 0.25) is 5.82 Å². The Morgan fingerprint density at radius 1 is 1.62 bits per heavy atom. The van der Waals surface area contributed by atoms with Gasteiger partial charge in [-0.25, -0.2) is 5.84 Å². The zero-order valence-corrected chi connectivity index (χ0v) is 7.71. The molecule has 1 fully saturated rings. The molecule has 72 valence electrons. The summed E-state index contributed by atoms with van der Waals surface area (Å²) in [7, 11) is 0. The lowest BCUT2D eigenvalue weighted by molar-refractivity contribution is 0.0677. The predicted octanol–water partition coefficient (Wildman–Crippen LogP) is 0.160. The van der Waals surface area contributed by atoms with Gasteiger partial charge in [-0.05, 0) is 0 Å². The van der Waals surface area contributed by atoms with Gasteiger partial charge in [-0.2, -0.15) is 16.7 Å². The number of nitrogens with two attached hydrogens (primary N) is 1. The van der Waals surface area contributed by atoms with Crippen LogP contribution >= 0.6 is 11.8 Å². The van der Waals surface area contributed by atoms with Gasteiger partial charge in [-0.15, -0.1) is 0 Å². The van der Waals surface area contributed by atoms with Crippen LogP contribution in [0.1, 0.15) is 11.9 Å². The van der Waals surface area contributed by atoms with Crippen molar-refractivity contribution in [2.45, 2.75) is 6.10 Å². The van der Waals surface area contributed by atoms with Crippen LogP contribution in [0.15, 0.2) is 4.52 Å². The standard InChI is InChI=1S/C6H10N4O2S/c7-9-6-8-5(10-12-6)4-3-13-2-1-11-4/h4H,1-3,7H2,(H,8,9,10). The first-order valence-electron chi connectivity index (χ1n) is 3.89. The summed E-state index contributed by atoms with van der Waals surface area (Å²) in [5.74, 6) is 7.54. The van der Waals surface area contributed by atoms with Gasteiger partial charge in [0.25, 0.3) is 0 Å². The van der Waals surface area contributed by atoms with Gasteiger partial charge in [0.1, 0.15) is 6.10 Å². The summed E-state index contributed by atoms with van der Waals surface area (Å²) in [6.07, 6.45) is -0.0652. The van der Waals surface area contributed by atoms with E-state index in [1.807, 2.05) is 11.8 Å². The second-order valence-electron chi connectivity index (χ2n) is 2.54. The summed E-state index contributed by atoms with van der Waals surface area (Å²) < 4.78 is 10.2. The lowest BCUT2D eigenvalue weighted by Crippen LogP contribution is -2.17. The largest absolute Gasteiger partial charge is 0.368 e. The average Bonchev–Trinajstić information content (AvgIpc) is 2.67. The number of aromatic nitrogens is 2. The molecule has 1 aromatic rings. The van der Waals surface area contributed by atoms with Crippen molar-refractivity contribution < 1.29 is 9.26 Å². The van der Waals surface area contributed by atoms with Gasteiger partial charge < -0.3 is 9.26 Å². The van der Waals surface area contributed by atoms with E-state index >= 15 is 0 Å². The molecule has 1 atom stereocenters. The van der Waals surface area contributed by atoms with E-state index in [0.29, 0.717) is 5.82 Å². The monoisotopic (exact) mass is 202 g/mol. The van der Waals surface area contributed by atoms with E-state index in [1.54, 1.807) is 0 Å². The molecule has 6 nitrogen and oxygen atoms in total. The van der Waals surface area contributed by atoms with Gasteiger partial charge in [0.15, 0.2) is 0 Å². The van der Waals surface area contributed by atoms with Crippen LogP contribution in [0.4, 0.5) is 6.01 Å². The second kappa shape index (κ2) is 3.95. The van der Waals surface area contributed by atoms with E-state index in [9.17, 15) is 0 Å². The van der Waals surface area contributed by atoms with Gasteiger partial charge in [-0.3, -0.25) is 5.43 Å². The summed E-state index contributed by atoms with van der Waals surface area (Å²) in [6, 6.07) is 0.217. The predicted molar refractivity (Wildman–Crippen MR) is 48.1 cm³/mol. The third-order valence-corrected chi connectivity index (χ3v) is 2.66. The Labute approximate surface area is 79.2 Å². The first kappa shape index (κ1) is 8.79. The number of ether oxygens (including phenoxy) is 1. The SMILES string of the molecule is NNc1nc(C2CSCCO2)no1. The number of nitrogens with zero attached hydrogens (tertiary/aromatic N) is 2. The van der Waals surface area contributed by atoms with Crippen molar-refractivity contribution in [2.24, 2.45) is 5.84 Å². The fourth-order valence-electron chi connectivity index (χ4n) is 1.06. The van der Waals surface area contributed by atoms with Crippen LogP contribution in [0.3, 0.4) is 0 Å². The van der Waals surface area contributed by atoms with Crippen LogP contribution < -0.4 is 11.3 Å². The second-order valence-corrected chi connectivity index (χ2v) is 3.69. The Morgan fingerprint density at radius 2 is 2.54 bits per heavy atom. The Balaban J connectivity index is 2.05. The van der Waals surface area contributed by atoms with Crippen molar-refractivity contribution in [3.8, 4) is 0 Å². The van der Waals surface area contributed by atoms with E-state index < -0.39 is 0 Å². The molecule has 0 aromatic carbocycles.